The second-order valence-corrected chi connectivity index (χ2v) is 5.62. The number of hydrogen-bond donors (Lipinski definition) is 1. The number of carbonyl (C=O) groups is 1. The van der Waals surface area contributed by atoms with Crippen molar-refractivity contribution in [3.05, 3.63) is 35.4 Å². The lowest BCUT2D eigenvalue weighted by atomic mass is 9.88. The topological polar surface area (TPSA) is 40.5 Å². The summed E-state index contributed by atoms with van der Waals surface area (Å²) in [7, 11) is 0. The van der Waals surface area contributed by atoms with E-state index in [9.17, 15) is 23.1 Å². The fraction of sp³-hybridized carbons (Fsp3) is 0.500. The van der Waals surface area contributed by atoms with Crippen LogP contribution in [0, 0.1) is 5.92 Å². The highest BCUT2D eigenvalue weighted by Gasteiger charge is 2.53. The van der Waals surface area contributed by atoms with Crippen molar-refractivity contribution in [3.8, 4) is 0 Å². The Hall–Kier alpha value is -1.56. The second-order valence-electron chi connectivity index (χ2n) is 5.62. The van der Waals surface area contributed by atoms with Gasteiger partial charge in [0.2, 0.25) is 0 Å². The van der Waals surface area contributed by atoms with Gasteiger partial charge in [-0.1, -0.05) is 6.07 Å². The van der Waals surface area contributed by atoms with Gasteiger partial charge in [0.15, 0.2) is 0 Å². The number of aliphatic hydroxyl groups is 1. The zero-order chi connectivity index (χ0) is 14.5. The molecule has 1 aliphatic carbocycles. The molecule has 3 nitrogen and oxygen atoms in total. The highest BCUT2D eigenvalue weighted by atomic mass is 19.4. The van der Waals surface area contributed by atoms with Crippen LogP contribution >= 0.6 is 0 Å². The van der Waals surface area contributed by atoms with Gasteiger partial charge in [0.1, 0.15) is 5.60 Å². The van der Waals surface area contributed by atoms with Crippen molar-refractivity contribution in [1.29, 1.82) is 0 Å². The average molecular weight is 285 g/mol. The third kappa shape index (κ3) is 2.28. The van der Waals surface area contributed by atoms with E-state index in [1.54, 1.807) is 0 Å². The SMILES string of the molecule is O=C(c1cccc(C(F)(F)F)c1)N1CC(O)(C2CC2)C1. The summed E-state index contributed by atoms with van der Waals surface area (Å²) >= 11 is 0. The van der Waals surface area contributed by atoms with Crippen LogP contribution in [0.1, 0.15) is 28.8 Å². The van der Waals surface area contributed by atoms with Crippen molar-refractivity contribution in [3.63, 3.8) is 0 Å². The highest BCUT2D eigenvalue weighted by molar-refractivity contribution is 5.95. The molecule has 0 bridgehead atoms. The number of amides is 1. The molecule has 0 atom stereocenters. The Morgan fingerprint density at radius 2 is 1.95 bits per heavy atom. The summed E-state index contributed by atoms with van der Waals surface area (Å²) in [6.45, 7) is 0.430. The van der Waals surface area contributed by atoms with Crippen LogP contribution in [0.4, 0.5) is 13.2 Å². The molecule has 1 saturated heterocycles. The lowest BCUT2D eigenvalue weighted by Gasteiger charge is -2.47. The molecule has 6 heteroatoms. The summed E-state index contributed by atoms with van der Waals surface area (Å²) in [6, 6.07) is 4.39. The summed E-state index contributed by atoms with van der Waals surface area (Å²) in [4.78, 5) is 13.5. The monoisotopic (exact) mass is 285 g/mol. The molecule has 1 heterocycles. The highest BCUT2D eigenvalue weighted by Crippen LogP contribution is 2.44. The average Bonchev–Trinajstić information content (AvgIpc) is 3.18. The van der Waals surface area contributed by atoms with Crippen LogP contribution in [0.25, 0.3) is 0 Å². The van der Waals surface area contributed by atoms with E-state index in [1.165, 1.54) is 17.0 Å². The van der Waals surface area contributed by atoms with Crippen molar-refractivity contribution in [2.45, 2.75) is 24.6 Å². The Morgan fingerprint density at radius 3 is 2.50 bits per heavy atom. The first-order valence-corrected chi connectivity index (χ1v) is 6.48. The van der Waals surface area contributed by atoms with Gasteiger partial charge >= 0.3 is 6.18 Å². The smallest absolute Gasteiger partial charge is 0.386 e. The molecule has 108 valence electrons. The van der Waals surface area contributed by atoms with E-state index in [1.807, 2.05) is 0 Å². The predicted octanol–water partition coefficient (Wildman–Crippen LogP) is 2.30. The minimum atomic E-state index is -4.46. The van der Waals surface area contributed by atoms with Crippen LogP contribution in [0.5, 0.6) is 0 Å². The molecule has 2 fully saturated rings. The van der Waals surface area contributed by atoms with Gasteiger partial charge in [-0.25, -0.2) is 0 Å². The van der Waals surface area contributed by atoms with Gasteiger partial charge in [-0.05, 0) is 37.0 Å². The molecule has 20 heavy (non-hydrogen) atoms. The maximum Gasteiger partial charge on any atom is 0.416 e. The van der Waals surface area contributed by atoms with Crippen LogP contribution in [0.15, 0.2) is 24.3 Å². The van der Waals surface area contributed by atoms with Gasteiger partial charge in [0.05, 0.1) is 18.7 Å². The van der Waals surface area contributed by atoms with E-state index < -0.39 is 23.2 Å². The van der Waals surface area contributed by atoms with E-state index in [2.05, 4.69) is 0 Å². The van der Waals surface area contributed by atoms with Gasteiger partial charge in [-0.3, -0.25) is 4.79 Å². The van der Waals surface area contributed by atoms with Crippen LogP contribution in [0.3, 0.4) is 0 Å². The first-order chi connectivity index (χ1) is 9.29. The van der Waals surface area contributed by atoms with Gasteiger partial charge < -0.3 is 10.0 Å². The van der Waals surface area contributed by atoms with E-state index in [-0.39, 0.29) is 24.6 Å². The second kappa shape index (κ2) is 4.22. The molecule has 0 unspecified atom stereocenters. The first kappa shape index (κ1) is 13.4. The summed E-state index contributed by atoms with van der Waals surface area (Å²) in [5, 5.41) is 10.1. The van der Waals surface area contributed by atoms with Crippen LogP contribution < -0.4 is 0 Å². The zero-order valence-electron chi connectivity index (χ0n) is 10.7. The number of benzene rings is 1. The molecule has 1 aromatic rings. The largest absolute Gasteiger partial charge is 0.416 e. The molecule has 3 rings (SSSR count). The lowest BCUT2D eigenvalue weighted by Crippen LogP contribution is -2.64. The zero-order valence-corrected chi connectivity index (χ0v) is 10.7. The molecule has 1 aromatic carbocycles. The van der Waals surface area contributed by atoms with E-state index in [4.69, 9.17) is 0 Å². The molecule has 1 saturated carbocycles. The number of rotatable bonds is 2. The Kier molecular flexibility index (Phi) is 2.83. The lowest BCUT2D eigenvalue weighted by molar-refractivity contribution is -0.137. The molecule has 2 aliphatic rings. The maximum atomic E-state index is 12.6. The molecule has 0 spiro atoms. The van der Waals surface area contributed by atoms with Gasteiger partial charge in [0.25, 0.3) is 5.91 Å². The molecule has 1 aliphatic heterocycles. The maximum absolute atomic E-state index is 12.6. The Morgan fingerprint density at radius 1 is 1.30 bits per heavy atom. The van der Waals surface area contributed by atoms with Crippen LogP contribution in [-0.2, 0) is 6.18 Å². The molecule has 0 radical (unpaired) electrons. The fourth-order valence-corrected chi connectivity index (χ4v) is 2.65. The molecule has 1 N–H and O–H groups in total. The van der Waals surface area contributed by atoms with Gasteiger partial charge in [-0.15, -0.1) is 0 Å². The van der Waals surface area contributed by atoms with E-state index in [0.717, 1.165) is 25.0 Å². The number of alkyl halides is 3. The van der Waals surface area contributed by atoms with Crippen molar-refractivity contribution < 1.29 is 23.1 Å². The number of halogens is 3. The minimum absolute atomic E-state index is 0.0117. The minimum Gasteiger partial charge on any atom is -0.386 e. The van der Waals surface area contributed by atoms with E-state index in [0.29, 0.717) is 0 Å². The third-order valence-corrected chi connectivity index (χ3v) is 3.99. The molecular weight excluding hydrogens is 271 g/mol. The standard InChI is InChI=1S/C14H14F3NO2/c15-14(16,17)11-3-1-2-9(6-11)12(19)18-7-13(20,8-18)10-4-5-10/h1-3,6,10,20H,4-5,7-8H2. The Bertz CT molecular complexity index is 546. The molecule has 0 aromatic heterocycles. The summed E-state index contributed by atoms with van der Waals surface area (Å²) in [5.74, 6) is -0.213. The predicted molar refractivity (Wildman–Crippen MR) is 65.0 cm³/mol. The number of likely N-dealkylation sites (tertiary alicyclic amines) is 1. The van der Waals surface area contributed by atoms with Crippen molar-refractivity contribution in [2.75, 3.05) is 13.1 Å². The number of nitrogens with zero attached hydrogens (tertiary/aromatic N) is 1. The quantitative estimate of drug-likeness (QED) is 0.905. The Balaban J connectivity index is 1.72. The van der Waals surface area contributed by atoms with Crippen LogP contribution in [-0.4, -0.2) is 34.6 Å². The van der Waals surface area contributed by atoms with Crippen LogP contribution in [0.2, 0.25) is 0 Å². The van der Waals surface area contributed by atoms with Crippen molar-refractivity contribution >= 4 is 5.91 Å². The van der Waals surface area contributed by atoms with Gasteiger partial charge in [0, 0.05) is 5.56 Å². The summed E-state index contributed by atoms with van der Waals surface area (Å²) in [5.41, 5.74) is -1.64. The van der Waals surface area contributed by atoms with E-state index >= 15 is 0 Å². The normalized spacial score (nSPS) is 21.5. The van der Waals surface area contributed by atoms with Gasteiger partial charge in [-0.2, -0.15) is 13.2 Å². The number of hydrogen-bond acceptors (Lipinski definition) is 2. The number of β-amino-alcohol motifs (C(OH)–C–C–N with tert-alkyl or cyclic N) is 1. The summed E-state index contributed by atoms with van der Waals surface area (Å²) in [6.07, 6.45) is -2.54. The van der Waals surface area contributed by atoms with Crippen molar-refractivity contribution in [1.82, 2.24) is 4.90 Å². The first-order valence-electron chi connectivity index (χ1n) is 6.48. The molecule has 1 amide bonds. The Labute approximate surface area is 114 Å². The van der Waals surface area contributed by atoms with Crippen molar-refractivity contribution in [2.24, 2.45) is 5.92 Å². The summed E-state index contributed by atoms with van der Waals surface area (Å²) < 4.78 is 37.8. The molecular formula is C14H14F3NO2. The number of carbonyl (C=O) groups excluding carboxylic acids is 1. The fourth-order valence-electron chi connectivity index (χ4n) is 2.65. The third-order valence-electron chi connectivity index (χ3n) is 3.99.